The number of hydrogen-bond donors (Lipinski definition) is 1. The van der Waals surface area contributed by atoms with Crippen LogP contribution >= 0.6 is 0 Å². The van der Waals surface area contributed by atoms with E-state index < -0.39 is 0 Å². The molecule has 0 saturated heterocycles. The Balaban J connectivity index is 1.97. The van der Waals surface area contributed by atoms with Crippen molar-refractivity contribution in [3.8, 4) is 0 Å². The second-order valence-electron chi connectivity index (χ2n) is 3.66. The summed E-state index contributed by atoms with van der Waals surface area (Å²) in [6.45, 7) is 0. The molecule has 1 atom stereocenters. The van der Waals surface area contributed by atoms with Crippen LogP contribution in [0.25, 0.3) is 0 Å². The van der Waals surface area contributed by atoms with Gasteiger partial charge in [-0.25, -0.2) is 4.98 Å². The molecule has 1 saturated carbocycles. The lowest BCUT2D eigenvalue weighted by atomic mass is 10.1. The number of aromatic nitrogens is 2. The molecule has 0 radical (unpaired) electrons. The summed E-state index contributed by atoms with van der Waals surface area (Å²) in [6.07, 6.45) is 6.71. The summed E-state index contributed by atoms with van der Waals surface area (Å²) in [5.74, 6) is 0.752. The number of nitrogens with zero attached hydrogens (tertiary/aromatic N) is 2. The van der Waals surface area contributed by atoms with Gasteiger partial charge < -0.3 is 9.67 Å². The first-order chi connectivity index (χ1) is 5.75. The van der Waals surface area contributed by atoms with Crippen LogP contribution in [-0.4, -0.2) is 14.7 Å². The molecule has 1 aromatic rings. The van der Waals surface area contributed by atoms with Crippen molar-refractivity contribution in [1.29, 1.82) is 0 Å². The molecule has 12 heavy (non-hydrogen) atoms. The van der Waals surface area contributed by atoms with E-state index in [-0.39, 0.29) is 6.10 Å². The molecule has 1 heterocycles. The van der Waals surface area contributed by atoms with Gasteiger partial charge in [-0.1, -0.05) is 12.8 Å². The van der Waals surface area contributed by atoms with Crippen LogP contribution in [0.15, 0.2) is 12.5 Å². The fourth-order valence-corrected chi connectivity index (χ4v) is 1.40. The SMILES string of the molecule is Cn1cnc(C(O)CC2CC2)c1. The third kappa shape index (κ3) is 1.67. The molecule has 2 rings (SSSR count). The van der Waals surface area contributed by atoms with E-state index in [4.69, 9.17) is 0 Å². The van der Waals surface area contributed by atoms with E-state index in [1.54, 1.807) is 6.33 Å². The Morgan fingerprint density at radius 1 is 1.75 bits per heavy atom. The van der Waals surface area contributed by atoms with Crippen LogP contribution in [0, 0.1) is 5.92 Å². The fourth-order valence-electron chi connectivity index (χ4n) is 1.40. The van der Waals surface area contributed by atoms with Gasteiger partial charge in [-0.2, -0.15) is 0 Å². The molecule has 1 fully saturated rings. The van der Waals surface area contributed by atoms with Crippen molar-refractivity contribution in [2.45, 2.75) is 25.4 Å². The summed E-state index contributed by atoms with van der Waals surface area (Å²) in [5.41, 5.74) is 0.810. The highest BCUT2D eigenvalue weighted by molar-refractivity contribution is 5.01. The van der Waals surface area contributed by atoms with Gasteiger partial charge in [0.15, 0.2) is 0 Å². The molecular weight excluding hydrogens is 152 g/mol. The van der Waals surface area contributed by atoms with E-state index in [1.165, 1.54) is 12.8 Å². The quantitative estimate of drug-likeness (QED) is 0.734. The number of aliphatic hydroxyl groups excluding tert-OH is 1. The minimum Gasteiger partial charge on any atom is -0.387 e. The number of rotatable bonds is 3. The van der Waals surface area contributed by atoms with E-state index in [9.17, 15) is 5.11 Å². The van der Waals surface area contributed by atoms with E-state index in [0.717, 1.165) is 18.0 Å². The summed E-state index contributed by atoms with van der Waals surface area (Å²) >= 11 is 0. The normalized spacial score (nSPS) is 19.5. The van der Waals surface area contributed by atoms with Crippen LogP contribution < -0.4 is 0 Å². The maximum Gasteiger partial charge on any atom is 0.0977 e. The Kier molecular flexibility index (Phi) is 1.89. The molecule has 1 aromatic heterocycles. The maximum atomic E-state index is 9.67. The zero-order chi connectivity index (χ0) is 8.55. The van der Waals surface area contributed by atoms with Gasteiger partial charge in [-0.05, 0) is 12.3 Å². The predicted molar refractivity (Wildman–Crippen MR) is 45.5 cm³/mol. The van der Waals surface area contributed by atoms with Crippen LogP contribution in [0.2, 0.25) is 0 Å². The lowest BCUT2D eigenvalue weighted by Crippen LogP contribution is -1.98. The number of aliphatic hydroxyl groups is 1. The third-order valence-corrected chi connectivity index (χ3v) is 2.32. The highest BCUT2D eigenvalue weighted by atomic mass is 16.3. The van der Waals surface area contributed by atoms with Crippen LogP contribution in [0.3, 0.4) is 0 Å². The van der Waals surface area contributed by atoms with Crippen molar-refractivity contribution in [2.24, 2.45) is 13.0 Å². The molecule has 0 amide bonds. The number of imidazole rings is 1. The molecular formula is C9H14N2O. The van der Waals surface area contributed by atoms with Crippen LogP contribution in [0.5, 0.6) is 0 Å². The van der Waals surface area contributed by atoms with E-state index in [1.807, 2.05) is 17.8 Å². The van der Waals surface area contributed by atoms with Gasteiger partial charge in [0.25, 0.3) is 0 Å². The molecule has 3 nitrogen and oxygen atoms in total. The monoisotopic (exact) mass is 166 g/mol. The fraction of sp³-hybridized carbons (Fsp3) is 0.667. The standard InChI is InChI=1S/C9H14N2O/c1-11-5-8(10-6-11)9(12)4-7-2-3-7/h5-7,9,12H,2-4H2,1H3. The minimum atomic E-state index is -0.348. The van der Waals surface area contributed by atoms with Crippen molar-refractivity contribution >= 4 is 0 Å². The molecule has 3 heteroatoms. The molecule has 0 bridgehead atoms. The predicted octanol–water partition coefficient (Wildman–Crippen LogP) is 1.25. The second-order valence-corrected chi connectivity index (χ2v) is 3.66. The van der Waals surface area contributed by atoms with Gasteiger partial charge in [-0.15, -0.1) is 0 Å². The molecule has 1 aliphatic rings. The average Bonchev–Trinajstić information content (AvgIpc) is 2.72. The highest BCUT2D eigenvalue weighted by Crippen LogP contribution is 2.37. The van der Waals surface area contributed by atoms with Gasteiger partial charge in [0.2, 0.25) is 0 Å². The molecule has 1 aliphatic carbocycles. The summed E-state index contributed by atoms with van der Waals surface area (Å²) in [4.78, 5) is 4.11. The van der Waals surface area contributed by atoms with Crippen molar-refractivity contribution < 1.29 is 5.11 Å². The zero-order valence-electron chi connectivity index (χ0n) is 7.27. The molecule has 66 valence electrons. The summed E-state index contributed by atoms with van der Waals surface area (Å²) in [7, 11) is 1.92. The van der Waals surface area contributed by atoms with Gasteiger partial charge in [-0.3, -0.25) is 0 Å². The summed E-state index contributed by atoms with van der Waals surface area (Å²) < 4.78 is 1.87. The van der Waals surface area contributed by atoms with Crippen molar-refractivity contribution in [3.63, 3.8) is 0 Å². The van der Waals surface area contributed by atoms with Gasteiger partial charge in [0, 0.05) is 13.2 Å². The Labute approximate surface area is 72.0 Å². The average molecular weight is 166 g/mol. The van der Waals surface area contributed by atoms with Crippen LogP contribution in [0.1, 0.15) is 31.1 Å². The third-order valence-electron chi connectivity index (χ3n) is 2.32. The smallest absolute Gasteiger partial charge is 0.0977 e. The van der Waals surface area contributed by atoms with E-state index in [0.29, 0.717) is 0 Å². The van der Waals surface area contributed by atoms with Crippen molar-refractivity contribution in [3.05, 3.63) is 18.2 Å². The van der Waals surface area contributed by atoms with Gasteiger partial charge in [0.1, 0.15) is 0 Å². The number of aryl methyl sites for hydroxylation is 1. The summed E-state index contributed by atoms with van der Waals surface area (Å²) in [5, 5.41) is 9.67. The Hall–Kier alpha value is -0.830. The maximum absolute atomic E-state index is 9.67. The lowest BCUT2D eigenvalue weighted by molar-refractivity contribution is 0.156. The lowest BCUT2D eigenvalue weighted by Gasteiger charge is -2.04. The van der Waals surface area contributed by atoms with Gasteiger partial charge >= 0.3 is 0 Å². The number of hydrogen-bond acceptors (Lipinski definition) is 2. The van der Waals surface area contributed by atoms with Crippen LogP contribution in [0.4, 0.5) is 0 Å². The first-order valence-corrected chi connectivity index (χ1v) is 4.41. The first kappa shape index (κ1) is 7.80. The highest BCUT2D eigenvalue weighted by Gasteiger charge is 2.25. The topological polar surface area (TPSA) is 38.0 Å². The molecule has 1 unspecified atom stereocenters. The second kappa shape index (κ2) is 2.90. The van der Waals surface area contributed by atoms with Gasteiger partial charge in [0.05, 0.1) is 18.1 Å². The minimum absolute atomic E-state index is 0.348. The first-order valence-electron chi connectivity index (χ1n) is 4.41. The summed E-state index contributed by atoms with van der Waals surface area (Å²) in [6, 6.07) is 0. The van der Waals surface area contributed by atoms with Crippen molar-refractivity contribution in [2.75, 3.05) is 0 Å². The van der Waals surface area contributed by atoms with Crippen LogP contribution in [-0.2, 0) is 7.05 Å². The molecule has 1 N–H and O–H groups in total. The molecule has 0 spiro atoms. The van der Waals surface area contributed by atoms with E-state index >= 15 is 0 Å². The Morgan fingerprint density at radius 3 is 3.00 bits per heavy atom. The Morgan fingerprint density at radius 2 is 2.50 bits per heavy atom. The van der Waals surface area contributed by atoms with E-state index in [2.05, 4.69) is 4.98 Å². The van der Waals surface area contributed by atoms with Crippen molar-refractivity contribution in [1.82, 2.24) is 9.55 Å². The molecule has 0 aromatic carbocycles. The zero-order valence-corrected chi connectivity index (χ0v) is 7.27. The Bertz CT molecular complexity index is 265. The molecule has 0 aliphatic heterocycles. The largest absolute Gasteiger partial charge is 0.387 e.